The van der Waals surface area contributed by atoms with Gasteiger partial charge in [0.1, 0.15) is 0 Å². The van der Waals surface area contributed by atoms with E-state index >= 15 is 0 Å². The van der Waals surface area contributed by atoms with Gasteiger partial charge in [-0.25, -0.2) is 4.68 Å². The van der Waals surface area contributed by atoms with Crippen LogP contribution in [-0.4, -0.2) is 74.7 Å². The average Bonchev–Trinajstić information content (AvgIpc) is 3.69. The zero-order valence-corrected chi connectivity index (χ0v) is 23.7. The Labute approximate surface area is 239 Å². The summed E-state index contributed by atoms with van der Waals surface area (Å²) in [4.78, 5) is 20.7. The number of pyridine rings is 1. The predicted molar refractivity (Wildman–Crippen MR) is 159 cm³/mol. The van der Waals surface area contributed by atoms with Gasteiger partial charge in [0, 0.05) is 69.1 Å². The summed E-state index contributed by atoms with van der Waals surface area (Å²) in [7, 11) is 3.61. The Morgan fingerprint density at radius 1 is 1.10 bits per heavy atom. The molecule has 0 radical (unpaired) electrons. The maximum atomic E-state index is 13.7. The van der Waals surface area contributed by atoms with Gasteiger partial charge in [-0.2, -0.15) is 10.2 Å². The van der Waals surface area contributed by atoms with E-state index in [1.807, 2.05) is 73.6 Å². The fourth-order valence-electron chi connectivity index (χ4n) is 5.84. The van der Waals surface area contributed by atoms with E-state index < -0.39 is 0 Å². The molecule has 1 aliphatic heterocycles. The molecular weight excluding hydrogens is 514 g/mol. The quantitative estimate of drug-likeness (QED) is 0.300. The number of fused-ring (bicyclic) bond motifs is 1. The number of likely N-dealkylation sites (tertiary alicyclic amines) is 1. The lowest BCUT2D eigenvalue weighted by atomic mass is 9.93. The van der Waals surface area contributed by atoms with Crippen LogP contribution in [0.1, 0.15) is 22.7 Å². The first-order chi connectivity index (χ1) is 20.0. The fourth-order valence-corrected chi connectivity index (χ4v) is 5.84. The van der Waals surface area contributed by atoms with E-state index in [4.69, 9.17) is 9.84 Å². The van der Waals surface area contributed by atoms with Crippen LogP contribution in [-0.2, 0) is 23.0 Å². The highest BCUT2D eigenvalue weighted by atomic mass is 16.5. The number of rotatable bonds is 9. The van der Waals surface area contributed by atoms with Gasteiger partial charge in [-0.15, -0.1) is 0 Å². The summed E-state index contributed by atoms with van der Waals surface area (Å²) in [5.41, 5.74) is 6.67. The van der Waals surface area contributed by atoms with Crippen LogP contribution in [0.2, 0.25) is 0 Å². The molecule has 41 heavy (non-hydrogen) atoms. The molecule has 1 fully saturated rings. The summed E-state index contributed by atoms with van der Waals surface area (Å²) in [5.74, 6) is 0.124. The van der Waals surface area contributed by atoms with Crippen LogP contribution < -0.4 is 5.32 Å². The topological polar surface area (TPSA) is 90.1 Å². The van der Waals surface area contributed by atoms with Crippen molar-refractivity contribution in [2.24, 2.45) is 7.05 Å². The van der Waals surface area contributed by atoms with Gasteiger partial charge in [-0.05, 0) is 42.3 Å². The van der Waals surface area contributed by atoms with E-state index in [1.54, 1.807) is 11.8 Å². The van der Waals surface area contributed by atoms with Crippen molar-refractivity contribution >= 4 is 16.8 Å². The average molecular weight is 550 g/mol. The number of benzene rings is 2. The maximum Gasteiger partial charge on any atom is 0.226 e. The lowest BCUT2D eigenvalue weighted by Crippen LogP contribution is -2.41. The zero-order chi connectivity index (χ0) is 28.3. The Bertz CT molecular complexity index is 1660. The molecule has 9 nitrogen and oxygen atoms in total. The number of hydrogen-bond acceptors (Lipinski definition) is 6. The molecule has 210 valence electrons. The third-order valence-corrected chi connectivity index (χ3v) is 7.96. The number of carbonyl (C=O) groups excluding carboxylic acids is 1. The van der Waals surface area contributed by atoms with Crippen LogP contribution in [0.15, 0.2) is 79.3 Å². The molecule has 0 aliphatic carbocycles. The second-order valence-corrected chi connectivity index (χ2v) is 10.7. The monoisotopic (exact) mass is 549 g/mol. The molecule has 4 heterocycles. The summed E-state index contributed by atoms with van der Waals surface area (Å²) in [6.07, 6.45) is 5.80. The Hall–Kier alpha value is -4.34. The van der Waals surface area contributed by atoms with E-state index in [-0.39, 0.29) is 24.3 Å². The van der Waals surface area contributed by atoms with Crippen LogP contribution in [0.4, 0.5) is 0 Å². The van der Waals surface area contributed by atoms with Crippen LogP contribution in [0, 0.1) is 6.92 Å². The standard InChI is InChI=1S/C32H35N7O2/c1-22-30(39(26-9-5-4-6-10-26)36-32(22)25-18-34-37(2)19-25)17-31(40)35-29-21-38(14-15-41-3)20-27(29)24-12-11-23-8-7-13-33-28(23)16-24/h4-13,16,18-19,27,29H,14-15,17,20-21H2,1-3H3,(H,35,40)/t27-,29+/m0/s1. The Kier molecular flexibility index (Phi) is 7.63. The van der Waals surface area contributed by atoms with Crippen LogP contribution in [0.3, 0.4) is 0 Å². The second-order valence-electron chi connectivity index (χ2n) is 10.7. The van der Waals surface area contributed by atoms with Crippen LogP contribution in [0.5, 0.6) is 0 Å². The van der Waals surface area contributed by atoms with E-state index in [0.717, 1.165) is 58.7 Å². The van der Waals surface area contributed by atoms with Gasteiger partial charge in [0.25, 0.3) is 0 Å². The minimum absolute atomic E-state index is 0.0228. The molecule has 1 amide bonds. The highest BCUT2D eigenvalue weighted by Crippen LogP contribution is 2.31. The third-order valence-electron chi connectivity index (χ3n) is 7.96. The normalized spacial score (nSPS) is 17.3. The van der Waals surface area contributed by atoms with E-state index in [2.05, 4.69) is 44.6 Å². The third kappa shape index (κ3) is 5.64. The molecule has 2 atom stereocenters. The van der Waals surface area contributed by atoms with E-state index in [9.17, 15) is 4.79 Å². The summed E-state index contributed by atoms with van der Waals surface area (Å²) in [6, 6.07) is 20.4. The largest absolute Gasteiger partial charge is 0.383 e. The molecule has 1 N–H and O–H groups in total. The number of amides is 1. The number of methoxy groups -OCH3 is 1. The molecule has 0 bridgehead atoms. The number of para-hydroxylation sites is 1. The van der Waals surface area contributed by atoms with Gasteiger partial charge in [0.2, 0.25) is 5.91 Å². The number of carbonyl (C=O) groups is 1. The number of hydrogen-bond donors (Lipinski definition) is 1. The molecule has 1 saturated heterocycles. The lowest BCUT2D eigenvalue weighted by Gasteiger charge is -2.21. The highest BCUT2D eigenvalue weighted by molar-refractivity contribution is 5.81. The Balaban J connectivity index is 1.28. The Morgan fingerprint density at radius 3 is 2.73 bits per heavy atom. The molecule has 0 unspecified atom stereocenters. The Morgan fingerprint density at radius 2 is 1.95 bits per heavy atom. The van der Waals surface area contributed by atoms with Gasteiger partial charge in [-0.3, -0.25) is 19.4 Å². The highest BCUT2D eigenvalue weighted by Gasteiger charge is 2.35. The molecular formula is C32H35N7O2. The van der Waals surface area contributed by atoms with Crippen molar-refractivity contribution in [3.8, 4) is 16.9 Å². The lowest BCUT2D eigenvalue weighted by molar-refractivity contribution is -0.121. The summed E-state index contributed by atoms with van der Waals surface area (Å²) >= 11 is 0. The first kappa shape index (κ1) is 26.9. The van der Waals surface area contributed by atoms with Gasteiger partial charge in [-0.1, -0.05) is 36.4 Å². The van der Waals surface area contributed by atoms with Gasteiger partial charge in [0.05, 0.1) is 41.8 Å². The molecule has 2 aromatic carbocycles. The smallest absolute Gasteiger partial charge is 0.226 e. The summed E-state index contributed by atoms with van der Waals surface area (Å²) in [5, 5.41) is 13.8. The predicted octanol–water partition coefficient (Wildman–Crippen LogP) is 3.90. The van der Waals surface area contributed by atoms with Gasteiger partial charge in [0.15, 0.2) is 0 Å². The van der Waals surface area contributed by atoms with Crippen molar-refractivity contribution in [1.82, 2.24) is 34.8 Å². The SMILES string of the molecule is COCCN1C[C@@H](NC(=O)Cc2c(C)c(-c3cnn(C)c3)nn2-c2ccccc2)[C@H](c2ccc3cccnc3c2)C1. The molecule has 5 aromatic rings. The van der Waals surface area contributed by atoms with Crippen molar-refractivity contribution in [1.29, 1.82) is 0 Å². The maximum absolute atomic E-state index is 13.7. The summed E-state index contributed by atoms with van der Waals surface area (Å²) in [6.45, 7) is 5.11. The van der Waals surface area contributed by atoms with Gasteiger partial charge >= 0.3 is 0 Å². The van der Waals surface area contributed by atoms with Crippen molar-refractivity contribution in [3.05, 3.63) is 96.1 Å². The molecule has 6 rings (SSSR count). The summed E-state index contributed by atoms with van der Waals surface area (Å²) < 4.78 is 9.01. The first-order valence-electron chi connectivity index (χ1n) is 14.0. The molecule has 0 spiro atoms. The molecule has 3 aromatic heterocycles. The molecule has 9 heteroatoms. The van der Waals surface area contributed by atoms with Crippen molar-refractivity contribution in [3.63, 3.8) is 0 Å². The van der Waals surface area contributed by atoms with Crippen LogP contribution >= 0.6 is 0 Å². The number of aromatic nitrogens is 5. The second kappa shape index (κ2) is 11.6. The van der Waals surface area contributed by atoms with Crippen molar-refractivity contribution in [2.45, 2.75) is 25.3 Å². The van der Waals surface area contributed by atoms with Gasteiger partial charge < -0.3 is 10.1 Å². The zero-order valence-electron chi connectivity index (χ0n) is 23.7. The van der Waals surface area contributed by atoms with Crippen molar-refractivity contribution in [2.75, 3.05) is 33.4 Å². The minimum Gasteiger partial charge on any atom is -0.383 e. The molecule has 0 saturated carbocycles. The number of aryl methyl sites for hydroxylation is 1. The van der Waals surface area contributed by atoms with Crippen LogP contribution in [0.25, 0.3) is 27.8 Å². The van der Waals surface area contributed by atoms with E-state index in [1.165, 1.54) is 5.56 Å². The first-order valence-corrected chi connectivity index (χ1v) is 14.0. The minimum atomic E-state index is -0.0354. The molecule has 1 aliphatic rings. The number of nitrogens with one attached hydrogen (secondary N) is 1. The van der Waals surface area contributed by atoms with E-state index in [0.29, 0.717) is 6.61 Å². The van der Waals surface area contributed by atoms with Crippen molar-refractivity contribution < 1.29 is 9.53 Å². The number of nitrogens with zero attached hydrogens (tertiary/aromatic N) is 6. The number of ether oxygens (including phenoxy) is 1. The fraction of sp³-hybridized carbons (Fsp3) is 0.312.